The highest BCUT2D eigenvalue weighted by atomic mass is 16.5. The van der Waals surface area contributed by atoms with Crippen molar-refractivity contribution in [3.63, 3.8) is 0 Å². The van der Waals surface area contributed by atoms with Crippen molar-refractivity contribution in [1.82, 2.24) is 5.32 Å². The lowest BCUT2D eigenvalue weighted by Crippen LogP contribution is -2.36. The van der Waals surface area contributed by atoms with Gasteiger partial charge >= 0.3 is 0 Å². The van der Waals surface area contributed by atoms with E-state index < -0.39 is 0 Å². The van der Waals surface area contributed by atoms with Crippen molar-refractivity contribution in [1.29, 1.82) is 0 Å². The van der Waals surface area contributed by atoms with Crippen LogP contribution < -0.4 is 10.1 Å². The molecule has 2 heteroatoms. The smallest absolute Gasteiger partial charge is 0.123 e. The van der Waals surface area contributed by atoms with Gasteiger partial charge in [-0.1, -0.05) is 46.8 Å². The van der Waals surface area contributed by atoms with E-state index in [0.29, 0.717) is 18.6 Å². The van der Waals surface area contributed by atoms with Gasteiger partial charge in [-0.2, -0.15) is 0 Å². The maximum atomic E-state index is 6.10. The molecule has 0 saturated carbocycles. The molecular weight excluding hydrogens is 234 g/mol. The Morgan fingerprint density at radius 3 is 2.32 bits per heavy atom. The number of benzene rings is 1. The van der Waals surface area contributed by atoms with E-state index in [0.717, 1.165) is 5.75 Å². The van der Waals surface area contributed by atoms with Crippen LogP contribution in [0.1, 0.15) is 45.7 Å². The van der Waals surface area contributed by atoms with Gasteiger partial charge in [0, 0.05) is 6.04 Å². The van der Waals surface area contributed by atoms with Crippen LogP contribution in [0, 0.1) is 12.8 Å². The largest absolute Gasteiger partial charge is 0.492 e. The highest BCUT2D eigenvalue weighted by Gasteiger charge is 2.20. The molecule has 0 aliphatic carbocycles. The average Bonchev–Trinajstić information content (AvgIpc) is 2.27. The van der Waals surface area contributed by atoms with E-state index in [2.05, 4.69) is 65.1 Å². The van der Waals surface area contributed by atoms with Gasteiger partial charge in [0.25, 0.3) is 0 Å². The van der Waals surface area contributed by atoms with Gasteiger partial charge in [-0.15, -0.1) is 0 Å². The minimum absolute atomic E-state index is 0.107. The zero-order valence-corrected chi connectivity index (χ0v) is 13.5. The Kier molecular flexibility index (Phi) is 5.42. The molecule has 108 valence electrons. The number of hydrogen-bond donors (Lipinski definition) is 1. The van der Waals surface area contributed by atoms with Gasteiger partial charge in [-0.05, 0) is 42.5 Å². The van der Waals surface area contributed by atoms with Gasteiger partial charge in [-0.3, -0.25) is 0 Å². The van der Waals surface area contributed by atoms with E-state index >= 15 is 0 Å². The lowest BCUT2D eigenvalue weighted by atomic mass is 9.86. The van der Waals surface area contributed by atoms with E-state index in [-0.39, 0.29) is 5.41 Å². The second-order valence-corrected chi connectivity index (χ2v) is 6.70. The van der Waals surface area contributed by atoms with Crippen molar-refractivity contribution in [2.75, 3.05) is 13.7 Å². The molecule has 0 spiro atoms. The Morgan fingerprint density at radius 1 is 1.21 bits per heavy atom. The first-order chi connectivity index (χ1) is 8.75. The Balaban J connectivity index is 2.90. The predicted octanol–water partition coefficient (Wildman–Crippen LogP) is 3.92. The van der Waals surface area contributed by atoms with Gasteiger partial charge in [0.05, 0.1) is 0 Å². The molecule has 19 heavy (non-hydrogen) atoms. The number of hydrogen-bond acceptors (Lipinski definition) is 2. The first-order valence-electron chi connectivity index (χ1n) is 7.17. The molecule has 1 aromatic rings. The predicted molar refractivity (Wildman–Crippen MR) is 83.1 cm³/mol. The van der Waals surface area contributed by atoms with E-state index in [9.17, 15) is 0 Å². The SMILES string of the molecule is CNC(COc1cc(C)ccc1C(C)(C)C)C(C)C. The van der Waals surface area contributed by atoms with Gasteiger partial charge in [-0.25, -0.2) is 0 Å². The van der Waals surface area contributed by atoms with Gasteiger partial charge in [0.15, 0.2) is 0 Å². The number of aryl methyl sites for hydroxylation is 1. The third-order valence-corrected chi connectivity index (χ3v) is 3.54. The van der Waals surface area contributed by atoms with E-state index in [1.54, 1.807) is 0 Å². The highest BCUT2D eigenvalue weighted by molar-refractivity contribution is 5.41. The maximum Gasteiger partial charge on any atom is 0.123 e. The second kappa shape index (κ2) is 6.42. The molecule has 0 radical (unpaired) electrons. The Hall–Kier alpha value is -1.02. The topological polar surface area (TPSA) is 21.3 Å². The first-order valence-corrected chi connectivity index (χ1v) is 7.17. The average molecular weight is 263 g/mol. The molecule has 0 saturated heterocycles. The van der Waals surface area contributed by atoms with E-state index in [1.165, 1.54) is 11.1 Å². The van der Waals surface area contributed by atoms with Crippen LogP contribution in [-0.2, 0) is 5.41 Å². The molecule has 0 amide bonds. The van der Waals surface area contributed by atoms with Crippen LogP contribution in [0.2, 0.25) is 0 Å². The third kappa shape index (κ3) is 4.54. The summed E-state index contributed by atoms with van der Waals surface area (Å²) in [7, 11) is 1.99. The monoisotopic (exact) mass is 263 g/mol. The summed E-state index contributed by atoms with van der Waals surface area (Å²) in [5, 5.41) is 3.32. The second-order valence-electron chi connectivity index (χ2n) is 6.70. The summed E-state index contributed by atoms with van der Waals surface area (Å²) >= 11 is 0. The van der Waals surface area contributed by atoms with Crippen LogP contribution in [-0.4, -0.2) is 19.7 Å². The fraction of sp³-hybridized carbons (Fsp3) is 0.647. The van der Waals surface area contributed by atoms with E-state index in [4.69, 9.17) is 4.74 Å². The summed E-state index contributed by atoms with van der Waals surface area (Å²) in [6.07, 6.45) is 0. The van der Waals surface area contributed by atoms with Crippen molar-refractivity contribution in [3.8, 4) is 5.75 Å². The quantitative estimate of drug-likeness (QED) is 0.869. The third-order valence-electron chi connectivity index (χ3n) is 3.54. The zero-order valence-electron chi connectivity index (χ0n) is 13.5. The van der Waals surface area contributed by atoms with Crippen LogP contribution >= 0.6 is 0 Å². The molecule has 0 aromatic heterocycles. The molecule has 1 unspecified atom stereocenters. The van der Waals surface area contributed by atoms with Crippen molar-refractivity contribution in [2.24, 2.45) is 5.92 Å². The fourth-order valence-electron chi connectivity index (χ4n) is 2.16. The molecule has 0 heterocycles. The van der Waals surface area contributed by atoms with Crippen LogP contribution in [0.5, 0.6) is 5.75 Å². The Morgan fingerprint density at radius 2 is 1.84 bits per heavy atom. The number of likely N-dealkylation sites (N-methyl/N-ethyl adjacent to an activating group) is 1. The molecule has 1 atom stereocenters. The Bertz CT molecular complexity index is 404. The molecule has 0 bridgehead atoms. The normalized spacial score (nSPS) is 13.7. The molecule has 1 aromatic carbocycles. The van der Waals surface area contributed by atoms with Crippen molar-refractivity contribution < 1.29 is 4.74 Å². The number of rotatable bonds is 5. The lowest BCUT2D eigenvalue weighted by molar-refractivity contribution is 0.233. The summed E-state index contributed by atoms with van der Waals surface area (Å²) < 4.78 is 6.10. The number of nitrogens with one attached hydrogen (secondary N) is 1. The zero-order chi connectivity index (χ0) is 14.6. The molecule has 0 aliphatic rings. The maximum absolute atomic E-state index is 6.10. The summed E-state index contributed by atoms with van der Waals surface area (Å²) in [6, 6.07) is 6.88. The molecule has 0 fully saturated rings. The molecule has 0 aliphatic heterocycles. The minimum Gasteiger partial charge on any atom is -0.492 e. The minimum atomic E-state index is 0.107. The fourth-order valence-corrected chi connectivity index (χ4v) is 2.16. The van der Waals surface area contributed by atoms with Crippen molar-refractivity contribution >= 4 is 0 Å². The van der Waals surface area contributed by atoms with Crippen LogP contribution in [0.15, 0.2) is 18.2 Å². The lowest BCUT2D eigenvalue weighted by Gasteiger charge is -2.26. The van der Waals surface area contributed by atoms with Crippen molar-refractivity contribution in [3.05, 3.63) is 29.3 Å². The first kappa shape index (κ1) is 16.0. The van der Waals surface area contributed by atoms with Crippen LogP contribution in [0.4, 0.5) is 0 Å². The summed E-state index contributed by atoms with van der Waals surface area (Å²) in [4.78, 5) is 0. The molecule has 1 N–H and O–H groups in total. The summed E-state index contributed by atoms with van der Waals surface area (Å²) in [5.74, 6) is 1.58. The summed E-state index contributed by atoms with van der Waals surface area (Å²) in [6.45, 7) is 13.9. The van der Waals surface area contributed by atoms with Gasteiger partial charge in [0.2, 0.25) is 0 Å². The Labute approximate surface area is 118 Å². The van der Waals surface area contributed by atoms with Crippen LogP contribution in [0.3, 0.4) is 0 Å². The highest BCUT2D eigenvalue weighted by Crippen LogP contribution is 2.32. The number of ether oxygens (including phenoxy) is 1. The molecule has 1 rings (SSSR count). The molecule has 2 nitrogen and oxygen atoms in total. The summed E-state index contributed by atoms with van der Waals surface area (Å²) in [5.41, 5.74) is 2.63. The van der Waals surface area contributed by atoms with Crippen LogP contribution in [0.25, 0.3) is 0 Å². The van der Waals surface area contributed by atoms with Gasteiger partial charge < -0.3 is 10.1 Å². The van der Waals surface area contributed by atoms with E-state index in [1.807, 2.05) is 7.05 Å². The molecular formula is C17H29NO. The van der Waals surface area contributed by atoms with Crippen molar-refractivity contribution in [2.45, 2.75) is 53.0 Å². The van der Waals surface area contributed by atoms with Gasteiger partial charge in [0.1, 0.15) is 12.4 Å². The standard InChI is InChI=1S/C17H29NO/c1-12(2)15(18-7)11-19-16-10-13(3)8-9-14(16)17(4,5)6/h8-10,12,15,18H,11H2,1-7H3.